The first-order valence-electron chi connectivity index (χ1n) is 7.93. The number of hydrogen-bond donors (Lipinski definition) is 1. The van der Waals surface area contributed by atoms with E-state index in [4.69, 9.17) is 4.99 Å². The van der Waals surface area contributed by atoms with Gasteiger partial charge in [0, 0.05) is 43.2 Å². The van der Waals surface area contributed by atoms with E-state index >= 15 is 0 Å². The summed E-state index contributed by atoms with van der Waals surface area (Å²) in [5.74, 6) is 2.32. The van der Waals surface area contributed by atoms with E-state index in [1.54, 1.807) is 0 Å². The Kier molecular flexibility index (Phi) is 8.38. The summed E-state index contributed by atoms with van der Waals surface area (Å²) in [6.45, 7) is 14.0. The molecule has 5 heteroatoms. The topological polar surface area (TPSA) is 30.9 Å². The third-order valence-corrected chi connectivity index (χ3v) is 5.20. The number of likely N-dealkylation sites (N-methyl/N-ethyl adjacent to an activating group) is 1. The van der Waals surface area contributed by atoms with Gasteiger partial charge >= 0.3 is 0 Å². The van der Waals surface area contributed by atoms with Gasteiger partial charge in [-0.2, -0.15) is 11.8 Å². The standard InChI is InChI=1S/C15H32N4S/c1-6-14-12-19(10-11-20-14)15(16-7-2)17-8-9-18(5)13(3)4/h13-14H,6-12H2,1-5H3,(H,16,17). The average molecular weight is 301 g/mol. The zero-order valence-corrected chi connectivity index (χ0v) is 14.7. The van der Waals surface area contributed by atoms with E-state index in [0.717, 1.165) is 43.9 Å². The van der Waals surface area contributed by atoms with Crippen molar-refractivity contribution < 1.29 is 0 Å². The van der Waals surface area contributed by atoms with Crippen LogP contribution in [0.3, 0.4) is 0 Å². The third kappa shape index (κ3) is 5.92. The normalized spacial score (nSPS) is 20.9. The number of rotatable bonds is 6. The summed E-state index contributed by atoms with van der Waals surface area (Å²) in [6.07, 6.45) is 1.25. The summed E-state index contributed by atoms with van der Waals surface area (Å²) in [5, 5.41) is 4.20. The lowest BCUT2D eigenvalue weighted by Crippen LogP contribution is -2.48. The van der Waals surface area contributed by atoms with Crippen molar-refractivity contribution in [2.24, 2.45) is 4.99 Å². The van der Waals surface area contributed by atoms with Crippen molar-refractivity contribution in [3.63, 3.8) is 0 Å². The number of nitrogens with one attached hydrogen (secondary N) is 1. The van der Waals surface area contributed by atoms with Gasteiger partial charge in [0.1, 0.15) is 0 Å². The molecule has 0 radical (unpaired) electrons. The molecule has 1 aliphatic rings. The molecule has 1 heterocycles. The van der Waals surface area contributed by atoms with Gasteiger partial charge in [0.05, 0.1) is 6.54 Å². The highest BCUT2D eigenvalue weighted by Crippen LogP contribution is 2.20. The lowest BCUT2D eigenvalue weighted by Gasteiger charge is -2.34. The van der Waals surface area contributed by atoms with Crippen LogP contribution in [0.5, 0.6) is 0 Å². The predicted octanol–water partition coefficient (Wildman–Crippen LogP) is 2.12. The van der Waals surface area contributed by atoms with Crippen molar-refractivity contribution >= 4 is 17.7 Å². The Bertz CT molecular complexity index is 294. The summed E-state index contributed by atoms with van der Waals surface area (Å²) < 4.78 is 0. The maximum absolute atomic E-state index is 4.81. The van der Waals surface area contributed by atoms with Crippen molar-refractivity contribution in [1.82, 2.24) is 15.1 Å². The van der Waals surface area contributed by atoms with Crippen molar-refractivity contribution in [3.8, 4) is 0 Å². The number of guanidine groups is 1. The lowest BCUT2D eigenvalue weighted by atomic mass is 10.3. The Morgan fingerprint density at radius 3 is 2.80 bits per heavy atom. The molecule has 0 aromatic carbocycles. The molecule has 0 amide bonds. The Hall–Kier alpha value is -0.420. The van der Waals surface area contributed by atoms with Crippen LogP contribution >= 0.6 is 11.8 Å². The van der Waals surface area contributed by atoms with E-state index in [2.05, 4.69) is 61.6 Å². The first-order valence-corrected chi connectivity index (χ1v) is 8.98. The smallest absolute Gasteiger partial charge is 0.194 e. The molecule has 0 spiro atoms. The quantitative estimate of drug-likeness (QED) is 0.601. The van der Waals surface area contributed by atoms with Crippen LogP contribution in [0.25, 0.3) is 0 Å². The van der Waals surface area contributed by atoms with Crippen molar-refractivity contribution in [2.45, 2.75) is 45.4 Å². The minimum absolute atomic E-state index is 0.587. The minimum atomic E-state index is 0.587. The Balaban J connectivity index is 2.53. The molecule has 1 N–H and O–H groups in total. The highest BCUT2D eigenvalue weighted by atomic mass is 32.2. The second-order valence-corrected chi connectivity index (χ2v) is 7.07. The van der Waals surface area contributed by atoms with Gasteiger partial charge in [0.2, 0.25) is 0 Å². The first-order chi connectivity index (χ1) is 9.58. The highest BCUT2D eigenvalue weighted by Gasteiger charge is 2.21. The average Bonchev–Trinajstić information content (AvgIpc) is 2.46. The third-order valence-electron chi connectivity index (χ3n) is 3.82. The molecule has 1 unspecified atom stereocenters. The van der Waals surface area contributed by atoms with Crippen LogP contribution in [0.4, 0.5) is 0 Å². The molecule has 1 saturated heterocycles. The van der Waals surface area contributed by atoms with E-state index < -0.39 is 0 Å². The van der Waals surface area contributed by atoms with Crippen LogP contribution in [0.1, 0.15) is 34.1 Å². The maximum Gasteiger partial charge on any atom is 0.194 e. The number of hydrogen-bond acceptors (Lipinski definition) is 3. The molecule has 0 aliphatic carbocycles. The van der Waals surface area contributed by atoms with E-state index in [1.165, 1.54) is 12.2 Å². The molecule has 1 fully saturated rings. The van der Waals surface area contributed by atoms with Crippen LogP contribution in [0.15, 0.2) is 4.99 Å². The van der Waals surface area contributed by atoms with Gasteiger partial charge in [-0.1, -0.05) is 6.92 Å². The molecule has 1 rings (SSSR count). The predicted molar refractivity (Wildman–Crippen MR) is 91.9 cm³/mol. The van der Waals surface area contributed by atoms with Gasteiger partial charge in [-0.05, 0) is 34.2 Å². The molecule has 1 aliphatic heterocycles. The fraction of sp³-hybridized carbons (Fsp3) is 0.933. The summed E-state index contributed by atoms with van der Waals surface area (Å²) in [4.78, 5) is 9.58. The van der Waals surface area contributed by atoms with E-state index in [9.17, 15) is 0 Å². The monoisotopic (exact) mass is 300 g/mol. The van der Waals surface area contributed by atoms with Crippen LogP contribution < -0.4 is 5.32 Å². The Morgan fingerprint density at radius 1 is 1.45 bits per heavy atom. The Labute approximate surface area is 129 Å². The molecule has 1 atom stereocenters. The van der Waals surface area contributed by atoms with Gasteiger partial charge in [-0.15, -0.1) is 0 Å². The summed E-state index contributed by atoms with van der Waals surface area (Å²) in [5.41, 5.74) is 0. The molecular weight excluding hydrogens is 268 g/mol. The van der Waals surface area contributed by atoms with Gasteiger partial charge in [-0.25, -0.2) is 0 Å². The minimum Gasteiger partial charge on any atom is -0.357 e. The van der Waals surface area contributed by atoms with Crippen LogP contribution in [-0.2, 0) is 0 Å². The second kappa shape index (κ2) is 9.50. The van der Waals surface area contributed by atoms with Gasteiger partial charge < -0.3 is 15.1 Å². The molecule has 4 nitrogen and oxygen atoms in total. The fourth-order valence-electron chi connectivity index (χ4n) is 2.16. The van der Waals surface area contributed by atoms with Crippen molar-refractivity contribution in [3.05, 3.63) is 0 Å². The SMILES string of the molecule is CCNC(=NCCN(C)C(C)C)N1CCSC(CC)C1. The van der Waals surface area contributed by atoms with E-state index in [0.29, 0.717) is 6.04 Å². The molecular formula is C15H32N4S. The molecule has 118 valence electrons. The molecule has 0 aromatic rings. The summed E-state index contributed by atoms with van der Waals surface area (Å²) in [6, 6.07) is 0.587. The number of nitrogens with zero attached hydrogens (tertiary/aromatic N) is 3. The summed E-state index contributed by atoms with van der Waals surface area (Å²) >= 11 is 2.10. The van der Waals surface area contributed by atoms with Crippen LogP contribution in [-0.4, -0.2) is 72.6 Å². The number of aliphatic imine (C=N–C) groups is 1. The largest absolute Gasteiger partial charge is 0.357 e. The van der Waals surface area contributed by atoms with Gasteiger partial charge in [0.15, 0.2) is 5.96 Å². The van der Waals surface area contributed by atoms with Crippen molar-refractivity contribution in [1.29, 1.82) is 0 Å². The van der Waals surface area contributed by atoms with E-state index in [-0.39, 0.29) is 0 Å². The summed E-state index contributed by atoms with van der Waals surface area (Å²) in [7, 11) is 2.16. The maximum atomic E-state index is 4.81. The van der Waals surface area contributed by atoms with Gasteiger partial charge in [0.25, 0.3) is 0 Å². The molecule has 0 aromatic heterocycles. The van der Waals surface area contributed by atoms with Gasteiger partial charge in [-0.3, -0.25) is 4.99 Å². The highest BCUT2D eigenvalue weighted by molar-refractivity contribution is 8.00. The molecule has 0 bridgehead atoms. The molecule has 0 saturated carbocycles. The van der Waals surface area contributed by atoms with Crippen LogP contribution in [0, 0.1) is 0 Å². The van der Waals surface area contributed by atoms with Crippen molar-refractivity contribution in [2.75, 3.05) is 45.5 Å². The fourth-order valence-corrected chi connectivity index (χ4v) is 3.34. The Morgan fingerprint density at radius 2 is 2.20 bits per heavy atom. The van der Waals surface area contributed by atoms with Crippen LogP contribution in [0.2, 0.25) is 0 Å². The zero-order valence-electron chi connectivity index (χ0n) is 13.9. The second-order valence-electron chi connectivity index (χ2n) is 5.66. The molecule has 20 heavy (non-hydrogen) atoms. The zero-order chi connectivity index (χ0) is 15.0. The van der Waals surface area contributed by atoms with E-state index in [1.807, 2.05) is 0 Å². The lowest BCUT2D eigenvalue weighted by molar-refractivity contribution is 0.281. The first kappa shape index (κ1) is 17.6. The number of thioether (sulfide) groups is 1.